The molecule has 0 aliphatic carbocycles. The van der Waals surface area contributed by atoms with Gasteiger partial charge in [-0.1, -0.05) is 6.07 Å². The third-order valence-corrected chi connectivity index (χ3v) is 2.26. The van der Waals surface area contributed by atoms with Crippen LogP contribution in [0.15, 0.2) is 36.4 Å². The average Bonchev–Trinajstić information content (AvgIpc) is 2.59. The van der Waals surface area contributed by atoms with Gasteiger partial charge in [0.25, 0.3) is 17.5 Å². The quantitative estimate of drug-likeness (QED) is 0.551. The van der Waals surface area contributed by atoms with Crippen LogP contribution in [0.1, 0.15) is 0 Å². The molecular formula is C11H9N2O3+. The maximum atomic E-state index is 11.4. The van der Waals surface area contributed by atoms with E-state index < -0.39 is 11.8 Å². The van der Waals surface area contributed by atoms with Crippen LogP contribution in [0, 0.1) is 4.91 Å². The monoisotopic (exact) mass is 217 g/mol. The molecule has 0 bridgehead atoms. The predicted octanol–water partition coefficient (Wildman–Crippen LogP) is 1.16. The normalized spacial score (nSPS) is 14.7. The third kappa shape index (κ3) is 1.63. The molecule has 0 unspecified atom stereocenters. The number of rotatable bonds is 2. The Morgan fingerprint density at radius 1 is 1.12 bits per heavy atom. The van der Waals surface area contributed by atoms with E-state index in [1.807, 2.05) is 0 Å². The number of anilines is 1. The van der Waals surface area contributed by atoms with Crippen LogP contribution in [0.2, 0.25) is 0 Å². The second-order valence-corrected chi connectivity index (χ2v) is 3.36. The predicted molar refractivity (Wildman–Crippen MR) is 57.3 cm³/mol. The lowest BCUT2D eigenvalue weighted by atomic mass is 10.2. The summed E-state index contributed by atoms with van der Waals surface area (Å²) in [5.74, 6) is -0.786. The molecule has 1 aromatic rings. The summed E-state index contributed by atoms with van der Waals surface area (Å²) in [6, 6.07) is 6.33. The van der Waals surface area contributed by atoms with E-state index in [-0.39, 0.29) is 0 Å². The molecule has 5 heteroatoms. The summed E-state index contributed by atoms with van der Waals surface area (Å²) < 4.78 is 0.669. The lowest BCUT2D eigenvalue weighted by Crippen LogP contribution is -2.29. The standard InChI is InChI=1S/C11H9N2O3/c1-12(16)8-3-2-4-9(7-8)13-10(14)5-6-11(13)15/h2-7H,1H3/q+1. The molecule has 2 amide bonds. The SMILES string of the molecule is C[N+](=O)c1cccc(N2C(=O)C=CC2=O)c1. The van der Waals surface area contributed by atoms with Gasteiger partial charge in [0.15, 0.2) is 7.05 Å². The molecule has 0 spiro atoms. The summed E-state index contributed by atoms with van der Waals surface area (Å²) in [6.07, 6.45) is 2.41. The van der Waals surface area contributed by atoms with Gasteiger partial charge in [-0.2, -0.15) is 0 Å². The average molecular weight is 217 g/mol. The van der Waals surface area contributed by atoms with Gasteiger partial charge in [0, 0.05) is 34.0 Å². The summed E-state index contributed by atoms with van der Waals surface area (Å²) in [4.78, 5) is 34.9. The van der Waals surface area contributed by atoms with Crippen LogP contribution in [-0.2, 0) is 9.59 Å². The van der Waals surface area contributed by atoms with Gasteiger partial charge >= 0.3 is 0 Å². The molecule has 5 nitrogen and oxygen atoms in total. The van der Waals surface area contributed by atoms with Gasteiger partial charge in [0.1, 0.15) is 0 Å². The van der Waals surface area contributed by atoms with Crippen molar-refractivity contribution < 1.29 is 14.3 Å². The highest BCUT2D eigenvalue weighted by molar-refractivity contribution is 6.28. The molecule has 0 radical (unpaired) electrons. The van der Waals surface area contributed by atoms with E-state index in [4.69, 9.17) is 0 Å². The van der Waals surface area contributed by atoms with Crippen LogP contribution in [0.4, 0.5) is 11.4 Å². The Hall–Kier alpha value is -2.30. The first-order valence-corrected chi connectivity index (χ1v) is 4.66. The van der Waals surface area contributed by atoms with Crippen LogP contribution in [0.3, 0.4) is 0 Å². The van der Waals surface area contributed by atoms with Gasteiger partial charge < -0.3 is 0 Å². The first kappa shape index (κ1) is 10.2. The second kappa shape index (κ2) is 3.69. The van der Waals surface area contributed by atoms with Crippen molar-refractivity contribution in [3.8, 4) is 0 Å². The zero-order valence-corrected chi connectivity index (χ0v) is 8.58. The summed E-state index contributed by atoms with van der Waals surface area (Å²) in [6.45, 7) is 0. The Kier molecular flexibility index (Phi) is 2.36. The van der Waals surface area contributed by atoms with Gasteiger partial charge in [-0.05, 0) is 6.07 Å². The summed E-state index contributed by atoms with van der Waals surface area (Å²) in [5.41, 5.74) is 0.796. The van der Waals surface area contributed by atoms with Crippen LogP contribution in [0.5, 0.6) is 0 Å². The largest absolute Gasteiger partial charge is 0.269 e. The Balaban J connectivity index is 2.41. The smallest absolute Gasteiger partial charge is 0.258 e. The molecule has 1 aromatic carbocycles. The number of nitroso groups, excluding NO2 is 1. The van der Waals surface area contributed by atoms with Gasteiger partial charge in [-0.25, -0.2) is 4.90 Å². The van der Waals surface area contributed by atoms with Crippen LogP contribution in [0.25, 0.3) is 0 Å². The minimum Gasteiger partial charge on any atom is -0.269 e. The topological polar surface area (TPSA) is 57.5 Å². The van der Waals surface area contributed by atoms with E-state index in [0.717, 1.165) is 4.90 Å². The fourth-order valence-corrected chi connectivity index (χ4v) is 1.48. The van der Waals surface area contributed by atoms with E-state index in [1.165, 1.54) is 25.3 Å². The molecule has 0 aromatic heterocycles. The molecule has 0 atom stereocenters. The minimum atomic E-state index is -0.393. The summed E-state index contributed by atoms with van der Waals surface area (Å²) >= 11 is 0. The maximum absolute atomic E-state index is 11.4. The van der Waals surface area contributed by atoms with Gasteiger partial charge in [0.2, 0.25) is 0 Å². The number of carbonyl (C=O) groups is 2. The molecule has 80 valence electrons. The number of benzene rings is 1. The summed E-state index contributed by atoms with van der Waals surface area (Å²) in [5, 5.41) is 0. The van der Waals surface area contributed by atoms with E-state index in [1.54, 1.807) is 18.2 Å². The van der Waals surface area contributed by atoms with Crippen molar-refractivity contribution in [2.45, 2.75) is 0 Å². The molecule has 2 rings (SSSR count). The third-order valence-electron chi connectivity index (χ3n) is 2.26. The highest BCUT2D eigenvalue weighted by Crippen LogP contribution is 2.23. The molecule has 1 aliphatic rings. The van der Waals surface area contributed by atoms with Crippen molar-refractivity contribution in [3.05, 3.63) is 41.3 Å². The molecule has 0 fully saturated rings. The van der Waals surface area contributed by atoms with Crippen molar-refractivity contribution in [1.29, 1.82) is 0 Å². The zero-order valence-electron chi connectivity index (χ0n) is 8.58. The number of imide groups is 1. The number of amides is 2. The molecule has 0 N–H and O–H groups in total. The van der Waals surface area contributed by atoms with Crippen molar-refractivity contribution in [1.82, 2.24) is 0 Å². The lowest BCUT2D eigenvalue weighted by molar-refractivity contribution is -0.428. The van der Waals surface area contributed by atoms with E-state index in [2.05, 4.69) is 0 Å². The second-order valence-electron chi connectivity index (χ2n) is 3.36. The molecule has 16 heavy (non-hydrogen) atoms. The number of carbonyl (C=O) groups excluding carboxylic acids is 2. The van der Waals surface area contributed by atoms with Crippen molar-refractivity contribution in [2.75, 3.05) is 11.9 Å². The Morgan fingerprint density at radius 3 is 2.31 bits per heavy atom. The fourth-order valence-electron chi connectivity index (χ4n) is 1.48. The molecule has 0 saturated carbocycles. The minimum absolute atomic E-state index is 0.393. The molecule has 0 saturated heterocycles. The van der Waals surface area contributed by atoms with E-state index in [9.17, 15) is 14.5 Å². The highest BCUT2D eigenvalue weighted by Gasteiger charge is 2.26. The maximum Gasteiger partial charge on any atom is 0.258 e. The fraction of sp³-hybridized carbons (Fsp3) is 0.0909. The van der Waals surface area contributed by atoms with Crippen LogP contribution >= 0.6 is 0 Å². The first-order chi connectivity index (χ1) is 7.59. The Labute approximate surface area is 91.5 Å². The van der Waals surface area contributed by atoms with E-state index >= 15 is 0 Å². The Morgan fingerprint density at radius 2 is 1.75 bits per heavy atom. The zero-order chi connectivity index (χ0) is 11.7. The Bertz CT molecular complexity index is 502. The number of hydrogen-bond acceptors (Lipinski definition) is 3. The van der Waals surface area contributed by atoms with E-state index in [0.29, 0.717) is 16.1 Å². The molecular weight excluding hydrogens is 208 g/mol. The molecule has 1 aliphatic heterocycles. The van der Waals surface area contributed by atoms with Gasteiger partial charge in [-0.3, -0.25) is 9.59 Å². The van der Waals surface area contributed by atoms with Gasteiger partial charge in [-0.15, -0.1) is 0 Å². The lowest BCUT2D eigenvalue weighted by Gasteiger charge is -2.12. The summed E-state index contributed by atoms with van der Waals surface area (Å²) in [7, 11) is 1.35. The highest BCUT2D eigenvalue weighted by atomic mass is 16.3. The van der Waals surface area contributed by atoms with Crippen molar-refractivity contribution in [3.63, 3.8) is 0 Å². The van der Waals surface area contributed by atoms with Crippen molar-refractivity contribution >= 4 is 23.2 Å². The van der Waals surface area contributed by atoms with Crippen LogP contribution < -0.4 is 4.90 Å². The van der Waals surface area contributed by atoms with Gasteiger partial charge in [0.05, 0.1) is 5.69 Å². The number of hydrogen-bond donors (Lipinski definition) is 0. The number of nitrogens with zero attached hydrogens (tertiary/aromatic N) is 2. The molecule has 1 heterocycles. The first-order valence-electron chi connectivity index (χ1n) is 4.66. The van der Waals surface area contributed by atoms with Crippen molar-refractivity contribution in [2.24, 2.45) is 0 Å². The van der Waals surface area contributed by atoms with Crippen LogP contribution in [-0.4, -0.2) is 23.6 Å².